The molecule has 0 spiro atoms. The van der Waals surface area contributed by atoms with Crippen LogP contribution in [0.15, 0.2) is 24.3 Å². The van der Waals surface area contributed by atoms with Crippen molar-refractivity contribution in [1.82, 2.24) is 20.0 Å². The number of carbonyl (C=O) groups is 1. The van der Waals surface area contributed by atoms with Crippen LogP contribution in [0.1, 0.15) is 31.9 Å². The average Bonchev–Trinajstić information content (AvgIpc) is 3.06. The lowest BCUT2D eigenvalue weighted by molar-refractivity contribution is -0.135. The molecule has 1 aromatic rings. The molecule has 1 N–H and O–H groups in total. The molecule has 0 atom stereocenters. The first kappa shape index (κ1) is 21.3. The predicted octanol–water partition coefficient (Wildman–Crippen LogP) is 1.87. The molecule has 1 saturated heterocycles. The van der Waals surface area contributed by atoms with Gasteiger partial charge in [0.05, 0.1) is 0 Å². The quantitative estimate of drug-likeness (QED) is 0.776. The van der Waals surface area contributed by atoms with E-state index >= 15 is 0 Å². The van der Waals surface area contributed by atoms with Crippen LogP contribution >= 0.6 is 0 Å². The van der Waals surface area contributed by atoms with Crippen molar-refractivity contribution in [3.8, 4) is 0 Å². The highest BCUT2D eigenvalue weighted by atomic mass is 16.2. The Kier molecular flexibility index (Phi) is 6.47. The van der Waals surface area contributed by atoms with Gasteiger partial charge in [-0.05, 0) is 37.2 Å². The van der Waals surface area contributed by atoms with Gasteiger partial charge in [0.2, 0.25) is 5.91 Å². The lowest BCUT2D eigenvalue weighted by Gasteiger charge is -2.45. The molecule has 1 amide bonds. The molecule has 1 fully saturated rings. The molecule has 5 nitrogen and oxygen atoms in total. The first-order valence-corrected chi connectivity index (χ1v) is 10.7. The number of nitrogens with one attached hydrogen (secondary N) is 1. The lowest BCUT2D eigenvalue weighted by Crippen LogP contribution is -2.64. The second kappa shape index (κ2) is 8.52. The molecule has 0 aromatic heterocycles. The second-order valence-electron chi connectivity index (χ2n) is 9.66. The van der Waals surface area contributed by atoms with Crippen LogP contribution in [-0.4, -0.2) is 86.1 Å². The predicted molar refractivity (Wildman–Crippen MR) is 116 cm³/mol. The molecule has 1 heterocycles. The Morgan fingerprint density at radius 1 is 1.11 bits per heavy atom. The summed E-state index contributed by atoms with van der Waals surface area (Å²) in [5.41, 5.74) is 2.29. The Bertz CT molecular complexity index is 652. The van der Waals surface area contributed by atoms with Gasteiger partial charge in [-0.15, -0.1) is 0 Å². The molecular formula is C23H38N4O. The maximum absolute atomic E-state index is 13.6. The summed E-state index contributed by atoms with van der Waals surface area (Å²) in [6, 6.07) is 8.59. The summed E-state index contributed by atoms with van der Waals surface area (Å²) >= 11 is 0. The second-order valence-corrected chi connectivity index (χ2v) is 9.66. The van der Waals surface area contributed by atoms with Gasteiger partial charge in [-0.3, -0.25) is 9.69 Å². The van der Waals surface area contributed by atoms with Crippen molar-refractivity contribution in [2.45, 2.75) is 39.2 Å². The number of nitrogens with zero attached hydrogens (tertiary/aromatic N) is 3. The van der Waals surface area contributed by atoms with Crippen molar-refractivity contribution >= 4 is 5.91 Å². The van der Waals surface area contributed by atoms with Gasteiger partial charge in [-0.25, -0.2) is 0 Å². The minimum absolute atomic E-state index is 0.0483. The van der Waals surface area contributed by atoms with E-state index in [2.05, 4.69) is 79.1 Å². The number of hydrogen-bond donors (Lipinski definition) is 1. The largest absolute Gasteiger partial charge is 0.354 e. The molecule has 3 rings (SSSR count). The third-order valence-corrected chi connectivity index (χ3v) is 6.40. The summed E-state index contributed by atoms with van der Waals surface area (Å²) in [6.07, 6.45) is 1.66. The highest BCUT2D eigenvalue weighted by Gasteiger charge is 2.49. The Hall–Kier alpha value is -1.43. The van der Waals surface area contributed by atoms with Gasteiger partial charge in [0, 0.05) is 52.1 Å². The Morgan fingerprint density at radius 2 is 1.68 bits per heavy atom. The van der Waals surface area contributed by atoms with E-state index < -0.39 is 5.54 Å². The molecule has 1 aliphatic heterocycles. The van der Waals surface area contributed by atoms with E-state index in [1.165, 1.54) is 11.1 Å². The van der Waals surface area contributed by atoms with Gasteiger partial charge < -0.3 is 15.1 Å². The molecule has 0 saturated carbocycles. The molecule has 0 bridgehead atoms. The van der Waals surface area contributed by atoms with Crippen LogP contribution < -0.4 is 5.32 Å². The van der Waals surface area contributed by atoms with Crippen molar-refractivity contribution in [2.75, 3.05) is 59.9 Å². The molecule has 0 unspecified atom stereocenters. The molecule has 28 heavy (non-hydrogen) atoms. The summed E-state index contributed by atoms with van der Waals surface area (Å²) in [5.74, 6) is 0.209. The zero-order chi connectivity index (χ0) is 20.4. The summed E-state index contributed by atoms with van der Waals surface area (Å²) in [6.45, 7) is 13.5. The minimum atomic E-state index is -0.433. The summed E-state index contributed by atoms with van der Waals surface area (Å²) in [5, 5.41) is 3.35. The SMILES string of the molecule is CCN1CCN(C2(C(=O)NCC(C)(C)CN(C)C)Cc3ccccc3C2)CC1. The summed E-state index contributed by atoms with van der Waals surface area (Å²) in [4.78, 5) is 20.8. The van der Waals surface area contributed by atoms with Crippen molar-refractivity contribution in [3.63, 3.8) is 0 Å². The summed E-state index contributed by atoms with van der Waals surface area (Å²) < 4.78 is 0. The van der Waals surface area contributed by atoms with Crippen LogP contribution in [0, 0.1) is 5.41 Å². The van der Waals surface area contributed by atoms with Crippen LogP contribution in [-0.2, 0) is 17.6 Å². The van der Waals surface area contributed by atoms with Crippen LogP contribution in [0.2, 0.25) is 0 Å². The van der Waals surface area contributed by atoms with Crippen molar-refractivity contribution in [2.24, 2.45) is 5.41 Å². The third kappa shape index (κ3) is 4.58. The number of piperazine rings is 1. The van der Waals surface area contributed by atoms with E-state index in [4.69, 9.17) is 0 Å². The van der Waals surface area contributed by atoms with Gasteiger partial charge in [0.25, 0.3) is 0 Å². The lowest BCUT2D eigenvalue weighted by atomic mass is 9.89. The molecule has 2 aliphatic rings. The Morgan fingerprint density at radius 3 is 2.18 bits per heavy atom. The van der Waals surface area contributed by atoms with E-state index in [1.54, 1.807) is 0 Å². The van der Waals surface area contributed by atoms with Crippen LogP contribution in [0.4, 0.5) is 0 Å². The van der Waals surface area contributed by atoms with E-state index in [-0.39, 0.29) is 11.3 Å². The Balaban J connectivity index is 1.77. The highest BCUT2D eigenvalue weighted by molar-refractivity contribution is 5.88. The number of fused-ring (bicyclic) bond motifs is 1. The minimum Gasteiger partial charge on any atom is -0.354 e. The van der Waals surface area contributed by atoms with Gasteiger partial charge in [0.1, 0.15) is 5.54 Å². The first-order chi connectivity index (χ1) is 13.3. The number of likely N-dealkylation sites (N-methyl/N-ethyl adjacent to an activating group) is 1. The standard InChI is InChI=1S/C23H38N4O/c1-6-26-11-13-27(14-12-26)23(15-19-9-7-8-10-20(19)16-23)21(28)24-17-22(2,3)18-25(4)5/h7-10H,6,11-18H2,1-5H3,(H,24,28). The monoisotopic (exact) mass is 386 g/mol. The smallest absolute Gasteiger partial charge is 0.241 e. The number of hydrogen-bond acceptors (Lipinski definition) is 4. The fourth-order valence-electron chi connectivity index (χ4n) is 5.01. The zero-order valence-corrected chi connectivity index (χ0v) is 18.4. The Labute approximate surface area is 171 Å². The van der Waals surface area contributed by atoms with Crippen molar-refractivity contribution in [3.05, 3.63) is 35.4 Å². The number of carbonyl (C=O) groups excluding carboxylic acids is 1. The van der Waals surface area contributed by atoms with Crippen LogP contribution in [0.5, 0.6) is 0 Å². The van der Waals surface area contributed by atoms with Gasteiger partial charge in [0.15, 0.2) is 0 Å². The van der Waals surface area contributed by atoms with E-state index in [0.717, 1.165) is 52.1 Å². The molecule has 0 radical (unpaired) electrons. The van der Waals surface area contributed by atoms with E-state index in [1.807, 2.05) is 0 Å². The van der Waals surface area contributed by atoms with E-state index in [0.29, 0.717) is 6.54 Å². The number of rotatable bonds is 7. The zero-order valence-electron chi connectivity index (χ0n) is 18.4. The third-order valence-electron chi connectivity index (χ3n) is 6.40. The fraction of sp³-hybridized carbons (Fsp3) is 0.696. The van der Waals surface area contributed by atoms with Gasteiger partial charge in [-0.1, -0.05) is 45.0 Å². The molecule has 1 aliphatic carbocycles. The van der Waals surface area contributed by atoms with Gasteiger partial charge >= 0.3 is 0 Å². The highest BCUT2D eigenvalue weighted by Crippen LogP contribution is 2.36. The first-order valence-electron chi connectivity index (χ1n) is 10.7. The fourth-order valence-corrected chi connectivity index (χ4v) is 5.01. The average molecular weight is 387 g/mol. The van der Waals surface area contributed by atoms with Crippen molar-refractivity contribution in [1.29, 1.82) is 0 Å². The molecule has 156 valence electrons. The van der Waals surface area contributed by atoms with E-state index in [9.17, 15) is 4.79 Å². The molecular weight excluding hydrogens is 348 g/mol. The van der Waals surface area contributed by atoms with Crippen LogP contribution in [0.25, 0.3) is 0 Å². The van der Waals surface area contributed by atoms with Crippen molar-refractivity contribution < 1.29 is 4.79 Å². The molecule has 5 heteroatoms. The molecule has 1 aromatic carbocycles. The van der Waals surface area contributed by atoms with Crippen LogP contribution in [0.3, 0.4) is 0 Å². The topological polar surface area (TPSA) is 38.8 Å². The maximum Gasteiger partial charge on any atom is 0.241 e. The maximum atomic E-state index is 13.6. The number of amides is 1. The summed E-state index contributed by atoms with van der Waals surface area (Å²) in [7, 11) is 4.18. The van der Waals surface area contributed by atoms with Gasteiger partial charge in [-0.2, -0.15) is 0 Å². The normalized spacial score (nSPS) is 20.4. The number of benzene rings is 1.